The quantitative estimate of drug-likeness (QED) is 0.330. The molecule has 2 heterocycles. The van der Waals surface area contributed by atoms with E-state index >= 15 is 0 Å². The molecule has 0 saturated carbocycles. The molecule has 176 valence electrons. The second-order valence-electron chi connectivity index (χ2n) is 9.64. The van der Waals surface area contributed by atoms with Gasteiger partial charge in [-0.2, -0.15) is 0 Å². The molecule has 3 aromatic carbocycles. The minimum Gasteiger partial charge on any atom is -0.446 e. The molecule has 0 bridgehead atoms. The molecule has 0 fully saturated rings. The molecule has 0 saturated heterocycles. The highest BCUT2D eigenvalue weighted by Gasteiger charge is 2.28. The van der Waals surface area contributed by atoms with Gasteiger partial charge in [-0.1, -0.05) is 69.8 Å². The van der Waals surface area contributed by atoms with Gasteiger partial charge in [0.15, 0.2) is 0 Å². The third-order valence-electron chi connectivity index (χ3n) is 6.07. The summed E-state index contributed by atoms with van der Waals surface area (Å²) in [6.45, 7) is 10.4. The monoisotopic (exact) mass is 464 g/mol. The van der Waals surface area contributed by atoms with Crippen molar-refractivity contribution < 1.29 is 9.15 Å². The molecule has 0 aliphatic carbocycles. The van der Waals surface area contributed by atoms with Gasteiger partial charge in [0, 0.05) is 29.3 Å². The van der Waals surface area contributed by atoms with E-state index in [1.54, 1.807) is 6.08 Å². The molecule has 5 rings (SSSR count). The summed E-state index contributed by atoms with van der Waals surface area (Å²) in [4.78, 5) is 0. The molecular weight excluding hydrogens is 436 g/mol. The van der Waals surface area contributed by atoms with Gasteiger partial charge in [0.1, 0.15) is 0 Å². The summed E-state index contributed by atoms with van der Waals surface area (Å²) >= 11 is 0. The number of nitrogens with zero attached hydrogens (tertiary/aromatic N) is 4. The number of aromatic nitrogens is 2. The minimum absolute atomic E-state index is 0.104. The number of benzene rings is 3. The molecule has 0 spiro atoms. The van der Waals surface area contributed by atoms with Crippen LogP contribution in [0.15, 0.2) is 88.9 Å². The minimum atomic E-state index is -0.303. The number of hydrogen-bond acceptors (Lipinski definition) is 6. The molecule has 4 aromatic rings. The number of ether oxygens (including phenoxy) is 1. The summed E-state index contributed by atoms with van der Waals surface area (Å²) in [7, 11) is 1.91. The third-order valence-corrected chi connectivity index (χ3v) is 6.07. The van der Waals surface area contributed by atoms with Crippen molar-refractivity contribution in [2.75, 3.05) is 7.05 Å². The Morgan fingerprint density at radius 3 is 1.89 bits per heavy atom. The van der Waals surface area contributed by atoms with Crippen molar-refractivity contribution in [2.24, 2.45) is 5.10 Å². The topological polar surface area (TPSA) is 63.8 Å². The smallest absolute Gasteiger partial charge is 0.248 e. The summed E-state index contributed by atoms with van der Waals surface area (Å²) in [6, 6.07) is 24.1. The van der Waals surface area contributed by atoms with Crippen LogP contribution in [0.25, 0.3) is 29.0 Å². The molecular formula is C29H28N4O2. The Kier molecular flexibility index (Phi) is 5.73. The normalized spacial score (nSPS) is 15.6. The standard InChI is InChI=1S/C29H28N4O2/c1-6-19-7-9-20(10-8-19)25-30-31-26(34-25)21-11-13-23(14-12-21)28-33(5)32-27(35-28)22-15-17-24(18-16-22)29(2,3)4/h6-18,28H,1H2,2-5H3. The lowest BCUT2D eigenvalue weighted by atomic mass is 9.87. The van der Waals surface area contributed by atoms with Gasteiger partial charge in [-0.05, 0) is 52.9 Å². The molecule has 35 heavy (non-hydrogen) atoms. The average Bonchev–Trinajstić information content (AvgIpc) is 3.51. The zero-order chi connectivity index (χ0) is 24.6. The first-order chi connectivity index (χ1) is 16.8. The number of hydrazone groups is 1. The van der Waals surface area contributed by atoms with Crippen molar-refractivity contribution >= 4 is 12.0 Å². The van der Waals surface area contributed by atoms with Gasteiger partial charge < -0.3 is 9.15 Å². The number of hydrogen-bond donors (Lipinski definition) is 0. The maximum atomic E-state index is 6.22. The van der Waals surface area contributed by atoms with Crippen LogP contribution in [-0.2, 0) is 10.2 Å². The summed E-state index contributed by atoms with van der Waals surface area (Å²) in [6.07, 6.45) is 1.50. The fourth-order valence-corrected chi connectivity index (χ4v) is 3.93. The highest BCUT2D eigenvalue weighted by Crippen LogP contribution is 2.31. The molecule has 6 heteroatoms. The fourth-order valence-electron chi connectivity index (χ4n) is 3.93. The summed E-state index contributed by atoms with van der Waals surface area (Å²) < 4.78 is 12.1. The highest BCUT2D eigenvalue weighted by atomic mass is 16.5. The van der Waals surface area contributed by atoms with E-state index in [1.165, 1.54) is 5.56 Å². The van der Waals surface area contributed by atoms with Crippen LogP contribution in [0, 0.1) is 0 Å². The van der Waals surface area contributed by atoms with E-state index < -0.39 is 0 Å². The van der Waals surface area contributed by atoms with Gasteiger partial charge in [-0.3, -0.25) is 5.01 Å². The fraction of sp³-hybridized carbons (Fsp3) is 0.207. The van der Waals surface area contributed by atoms with Crippen LogP contribution < -0.4 is 0 Å². The van der Waals surface area contributed by atoms with E-state index in [-0.39, 0.29) is 11.6 Å². The van der Waals surface area contributed by atoms with Crippen LogP contribution in [-0.4, -0.2) is 28.2 Å². The first kappa shape index (κ1) is 22.6. The Bertz CT molecular complexity index is 1360. The zero-order valence-corrected chi connectivity index (χ0v) is 20.4. The molecule has 0 radical (unpaired) electrons. The molecule has 1 unspecified atom stereocenters. The van der Waals surface area contributed by atoms with Gasteiger partial charge in [0.05, 0.1) is 0 Å². The zero-order valence-electron chi connectivity index (χ0n) is 20.4. The summed E-state index contributed by atoms with van der Waals surface area (Å²) in [5.41, 5.74) is 6.08. The van der Waals surface area contributed by atoms with Crippen LogP contribution in [0.2, 0.25) is 0 Å². The average molecular weight is 465 g/mol. The molecule has 1 aliphatic rings. The Balaban J connectivity index is 1.29. The van der Waals surface area contributed by atoms with E-state index in [0.717, 1.165) is 27.8 Å². The molecule has 6 nitrogen and oxygen atoms in total. The largest absolute Gasteiger partial charge is 0.446 e. The molecule has 0 amide bonds. The lowest BCUT2D eigenvalue weighted by molar-refractivity contribution is 0.0780. The lowest BCUT2D eigenvalue weighted by Gasteiger charge is -2.19. The van der Waals surface area contributed by atoms with E-state index in [1.807, 2.05) is 60.6 Å². The first-order valence-electron chi connectivity index (χ1n) is 11.6. The van der Waals surface area contributed by atoms with Crippen molar-refractivity contribution in [3.8, 4) is 22.9 Å². The first-order valence-corrected chi connectivity index (χ1v) is 11.6. The van der Waals surface area contributed by atoms with E-state index in [0.29, 0.717) is 17.7 Å². The van der Waals surface area contributed by atoms with Crippen LogP contribution in [0.4, 0.5) is 0 Å². The maximum Gasteiger partial charge on any atom is 0.248 e. The van der Waals surface area contributed by atoms with Crippen molar-refractivity contribution in [1.82, 2.24) is 15.2 Å². The van der Waals surface area contributed by atoms with Gasteiger partial charge in [-0.25, -0.2) is 0 Å². The lowest BCUT2D eigenvalue weighted by Crippen LogP contribution is -2.15. The van der Waals surface area contributed by atoms with Crippen molar-refractivity contribution in [2.45, 2.75) is 32.4 Å². The molecule has 1 aromatic heterocycles. The van der Waals surface area contributed by atoms with Gasteiger partial charge in [0.2, 0.25) is 23.9 Å². The Morgan fingerprint density at radius 2 is 1.34 bits per heavy atom. The van der Waals surface area contributed by atoms with E-state index in [4.69, 9.17) is 9.15 Å². The van der Waals surface area contributed by atoms with Crippen molar-refractivity contribution in [1.29, 1.82) is 0 Å². The second-order valence-corrected chi connectivity index (χ2v) is 9.64. The summed E-state index contributed by atoms with van der Waals surface area (Å²) in [5, 5.41) is 14.9. The van der Waals surface area contributed by atoms with Gasteiger partial charge in [0.25, 0.3) is 0 Å². The predicted molar refractivity (Wildman–Crippen MR) is 139 cm³/mol. The third kappa shape index (κ3) is 4.60. The second kappa shape index (κ2) is 8.87. The SMILES string of the molecule is C=Cc1ccc(-c2nnc(-c3ccc(C4OC(c5ccc(C(C)(C)C)cc5)=NN4C)cc3)o2)cc1. The Morgan fingerprint density at radius 1 is 0.800 bits per heavy atom. The Labute approximate surface area is 205 Å². The molecule has 0 N–H and O–H groups in total. The summed E-state index contributed by atoms with van der Waals surface area (Å²) in [5.74, 6) is 1.57. The molecule has 1 aliphatic heterocycles. The van der Waals surface area contributed by atoms with Crippen LogP contribution in [0.1, 0.15) is 49.3 Å². The van der Waals surface area contributed by atoms with Crippen LogP contribution in [0.3, 0.4) is 0 Å². The van der Waals surface area contributed by atoms with Crippen molar-refractivity contribution in [3.05, 3.63) is 102 Å². The predicted octanol–water partition coefficient (Wildman–Crippen LogP) is 6.67. The van der Waals surface area contributed by atoms with Crippen LogP contribution >= 0.6 is 0 Å². The van der Waals surface area contributed by atoms with E-state index in [2.05, 4.69) is 66.9 Å². The number of rotatable bonds is 5. The van der Waals surface area contributed by atoms with Gasteiger partial charge >= 0.3 is 0 Å². The highest BCUT2D eigenvalue weighted by molar-refractivity contribution is 5.94. The molecule has 1 atom stereocenters. The Hall–Kier alpha value is -4.19. The van der Waals surface area contributed by atoms with E-state index in [9.17, 15) is 0 Å². The van der Waals surface area contributed by atoms with Crippen LogP contribution in [0.5, 0.6) is 0 Å². The van der Waals surface area contributed by atoms with Gasteiger partial charge in [-0.15, -0.1) is 15.3 Å². The maximum absolute atomic E-state index is 6.22. The van der Waals surface area contributed by atoms with Crippen molar-refractivity contribution in [3.63, 3.8) is 0 Å².